The van der Waals surface area contributed by atoms with Crippen LogP contribution in [-0.4, -0.2) is 87.5 Å². The number of carbonyl (C=O) groups excluding carboxylic acids is 2. The number of aliphatic hydroxyl groups excluding tert-OH is 1. The molecule has 3 amide bonds. The Balaban J connectivity index is 1.44. The van der Waals surface area contributed by atoms with Gasteiger partial charge in [-0.3, -0.25) is 4.79 Å². The predicted molar refractivity (Wildman–Crippen MR) is 166 cm³/mol. The number of urea groups is 1. The molecule has 0 fully saturated rings. The van der Waals surface area contributed by atoms with E-state index in [4.69, 9.17) is 18.9 Å². The van der Waals surface area contributed by atoms with E-state index in [9.17, 15) is 23.1 Å². The van der Waals surface area contributed by atoms with Crippen molar-refractivity contribution in [3.63, 3.8) is 0 Å². The summed E-state index contributed by atoms with van der Waals surface area (Å²) in [6, 6.07) is 14.7. The van der Waals surface area contributed by atoms with Crippen LogP contribution in [0.15, 0.2) is 65.6 Å². The minimum atomic E-state index is -3.92. The third kappa shape index (κ3) is 6.77. The molecule has 0 radical (unpaired) electrons. The Morgan fingerprint density at radius 1 is 1.11 bits per heavy atom. The van der Waals surface area contributed by atoms with Crippen LogP contribution in [0.4, 0.5) is 16.2 Å². The van der Waals surface area contributed by atoms with Gasteiger partial charge in [0.05, 0.1) is 42.4 Å². The zero-order valence-electron chi connectivity index (χ0n) is 25.3. The lowest BCUT2D eigenvalue weighted by Crippen LogP contribution is -2.50. The smallest absolute Gasteiger partial charge is 0.323 e. The first-order valence-corrected chi connectivity index (χ1v) is 15.8. The molecular weight excluding hydrogens is 604 g/mol. The Morgan fingerprint density at radius 3 is 2.56 bits per heavy atom. The number of aliphatic hydroxyl groups is 1. The third-order valence-electron chi connectivity index (χ3n) is 7.77. The molecule has 3 aromatic carbocycles. The minimum absolute atomic E-state index is 0.0672. The van der Waals surface area contributed by atoms with Gasteiger partial charge in [0.25, 0.3) is 5.91 Å². The van der Waals surface area contributed by atoms with Gasteiger partial charge in [0.2, 0.25) is 16.8 Å². The Labute approximate surface area is 261 Å². The number of likely N-dealkylation sites (N-methyl/N-ethyl adjacent to an activating group) is 1. The molecule has 0 unspecified atom stereocenters. The van der Waals surface area contributed by atoms with Crippen molar-refractivity contribution >= 4 is 33.3 Å². The summed E-state index contributed by atoms with van der Waals surface area (Å²) < 4.78 is 50.5. The van der Waals surface area contributed by atoms with E-state index in [0.717, 1.165) is 0 Å². The van der Waals surface area contributed by atoms with Crippen LogP contribution in [0.2, 0.25) is 0 Å². The molecule has 13 nitrogen and oxygen atoms in total. The zero-order chi connectivity index (χ0) is 32.3. The molecule has 2 aliphatic heterocycles. The molecule has 0 spiro atoms. The largest absolute Gasteiger partial charge is 0.497 e. The second kappa shape index (κ2) is 13.2. The molecule has 0 bridgehead atoms. The maximum Gasteiger partial charge on any atom is 0.323 e. The number of hydrogen-bond donors (Lipinski definition) is 3. The highest BCUT2D eigenvalue weighted by Crippen LogP contribution is 2.37. The fraction of sp³-hybridized carbons (Fsp3) is 0.355. The van der Waals surface area contributed by atoms with Crippen molar-refractivity contribution in [2.24, 2.45) is 5.92 Å². The Bertz CT molecular complexity index is 1670. The third-order valence-corrected chi connectivity index (χ3v) is 9.61. The number of para-hydroxylation sites is 1. The number of ether oxygens (including phenoxy) is 4. The number of anilines is 2. The van der Waals surface area contributed by atoms with Crippen molar-refractivity contribution in [1.29, 1.82) is 0 Å². The first-order chi connectivity index (χ1) is 21.5. The molecule has 3 N–H and O–H groups in total. The van der Waals surface area contributed by atoms with Crippen LogP contribution in [0.3, 0.4) is 0 Å². The molecule has 0 saturated carbocycles. The maximum atomic E-state index is 13.8. The maximum absolute atomic E-state index is 13.8. The van der Waals surface area contributed by atoms with Gasteiger partial charge >= 0.3 is 6.03 Å². The van der Waals surface area contributed by atoms with Crippen molar-refractivity contribution in [2.75, 3.05) is 51.3 Å². The lowest BCUT2D eigenvalue weighted by atomic mass is 9.99. The van der Waals surface area contributed by atoms with Crippen LogP contribution in [0.1, 0.15) is 24.2 Å². The number of carbonyl (C=O) groups is 2. The fourth-order valence-electron chi connectivity index (χ4n) is 5.10. The van der Waals surface area contributed by atoms with Gasteiger partial charge in [-0.2, -0.15) is 4.31 Å². The Hall–Kier alpha value is -4.53. The SMILES string of the molecule is COc1ccc(S(=O)(=O)N(C)C[C@H]2Oc3c(NC(=O)Nc4ccc5c(c4)OCO5)cccc3C(=O)N([C@H](C)CO)C[C@H]2C)cc1. The molecule has 0 aromatic heterocycles. The zero-order valence-corrected chi connectivity index (χ0v) is 26.2. The van der Waals surface area contributed by atoms with Gasteiger partial charge in [-0.25, -0.2) is 13.2 Å². The predicted octanol–water partition coefficient (Wildman–Crippen LogP) is 3.61. The van der Waals surface area contributed by atoms with Gasteiger partial charge in [-0.15, -0.1) is 0 Å². The average Bonchev–Trinajstić information content (AvgIpc) is 3.50. The summed E-state index contributed by atoms with van der Waals surface area (Å²) in [7, 11) is -0.968. The number of methoxy groups -OCH3 is 1. The monoisotopic (exact) mass is 640 g/mol. The van der Waals surface area contributed by atoms with Gasteiger partial charge in [0.15, 0.2) is 17.2 Å². The van der Waals surface area contributed by atoms with Crippen LogP contribution < -0.4 is 29.6 Å². The van der Waals surface area contributed by atoms with E-state index in [1.807, 2.05) is 6.92 Å². The summed E-state index contributed by atoms with van der Waals surface area (Å²) in [6.45, 7) is 3.51. The summed E-state index contributed by atoms with van der Waals surface area (Å²) in [5.41, 5.74) is 0.816. The Morgan fingerprint density at radius 2 is 1.84 bits per heavy atom. The van der Waals surface area contributed by atoms with Crippen LogP contribution in [0, 0.1) is 5.92 Å². The summed E-state index contributed by atoms with van der Waals surface area (Å²) in [5, 5.41) is 15.4. The molecular formula is C31H36N4O9S. The molecule has 45 heavy (non-hydrogen) atoms. The molecule has 0 aliphatic carbocycles. The van der Waals surface area contributed by atoms with E-state index in [2.05, 4.69) is 10.6 Å². The molecule has 5 rings (SSSR count). The van der Waals surface area contributed by atoms with E-state index in [-0.39, 0.29) is 54.3 Å². The number of benzene rings is 3. The van der Waals surface area contributed by atoms with Crippen LogP contribution in [-0.2, 0) is 10.0 Å². The standard InChI is InChI=1S/C31H36N4O9S/c1-19-15-35(20(2)17-36)30(37)24-6-5-7-25(33-31(38)32-21-8-13-26-27(14-21)43-18-42-26)29(24)44-28(19)16-34(3)45(39,40)23-11-9-22(41-4)10-12-23/h5-14,19-20,28,36H,15-18H2,1-4H3,(H2,32,33,38)/t19-,20-,28-/m1/s1. The van der Waals surface area contributed by atoms with Crippen molar-refractivity contribution in [1.82, 2.24) is 9.21 Å². The van der Waals surface area contributed by atoms with Gasteiger partial charge < -0.3 is 39.6 Å². The van der Waals surface area contributed by atoms with E-state index in [1.54, 1.807) is 55.5 Å². The topological polar surface area (TPSA) is 156 Å². The molecule has 0 saturated heterocycles. The summed E-state index contributed by atoms with van der Waals surface area (Å²) in [6.07, 6.45) is -0.747. The first-order valence-electron chi connectivity index (χ1n) is 14.3. The van der Waals surface area contributed by atoms with E-state index < -0.39 is 34.1 Å². The number of nitrogens with zero attached hydrogens (tertiary/aromatic N) is 2. The second-order valence-corrected chi connectivity index (χ2v) is 13.0. The van der Waals surface area contributed by atoms with Crippen molar-refractivity contribution in [3.05, 3.63) is 66.2 Å². The molecule has 2 aliphatic rings. The van der Waals surface area contributed by atoms with Crippen molar-refractivity contribution in [2.45, 2.75) is 30.9 Å². The number of amides is 3. The molecule has 240 valence electrons. The minimum Gasteiger partial charge on any atom is -0.497 e. The van der Waals surface area contributed by atoms with E-state index >= 15 is 0 Å². The van der Waals surface area contributed by atoms with Gasteiger partial charge in [0.1, 0.15) is 11.9 Å². The lowest BCUT2D eigenvalue weighted by molar-refractivity contribution is 0.0389. The number of sulfonamides is 1. The van der Waals surface area contributed by atoms with E-state index in [0.29, 0.717) is 22.9 Å². The van der Waals surface area contributed by atoms with Crippen molar-refractivity contribution in [3.8, 4) is 23.0 Å². The van der Waals surface area contributed by atoms with Gasteiger partial charge in [-0.05, 0) is 55.5 Å². The quantitative estimate of drug-likeness (QED) is 0.318. The second-order valence-electron chi connectivity index (χ2n) is 10.9. The number of hydrogen-bond acceptors (Lipinski definition) is 9. The van der Waals surface area contributed by atoms with Gasteiger partial charge in [-0.1, -0.05) is 13.0 Å². The summed E-state index contributed by atoms with van der Waals surface area (Å²) >= 11 is 0. The highest BCUT2D eigenvalue weighted by Gasteiger charge is 2.36. The molecule has 3 atom stereocenters. The molecule has 2 heterocycles. The van der Waals surface area contributed by atoms with Crippen molar-refractivity contribution < 1.29 is 42.1 Å². The average molecular weight is 641 g/mol. The van der Waals surface area contributed by atoms with Crippen LogP contribution in [0.25, 0.3) is 0 Å². The lowest BCUT2D eigenvalue weighted by Gasteiger charge is -2.38. The fourth-order valence-corrected chi connectivity index (χ4v) is 6.28. The normalized spacial score (nSPS) is 18.4. The number of fused-ring (bicyclic) bond motifs is 2. The van der Waals surface area contributed by atoms with E-state index in [1.165, 1.54) is 35.5 Å². The first kappa shape index (κ1) is 31.9. The highest BCUT2D eigenvalue weighted by atomic mass is 32.2. The highest BCUT2D eigenvalue weighted by molar-refractivity contribution is 7.89. The molecule has 3 aromatic rings. The summed E-state index contributed by atoms with van der Waals surface area (Å²) in [4.78, 5) is 28.5. The van der Waals surface area contributed by atoms with Crippen LogP contribution in [0.5, 0.6) is 23.0 Å². The number of rotatable bonds is 9. The summed E-state index contributed by atoms with van der Waals surface area (Å²) in [5.74, 6) is 0.908. The number of nitrogens with one attached hydrogen (secondary N) is 2. The van der Waals surface area contributed by atoms with Gasteiger partial charge in [0, 0.05) is 31.3 Å². The van der Waals surface area contributed by atoms with Crippen LogP contribution >= 0.6 is 0 Å². The Kier molecular flexibility index (Phi) is 9.37. The molecule has 14 heteroatoms.